The number of aryl methyl sites for hydroxylation is 3. The second-order valence-corrected chi connectivity index (χ2v) is 12.7. The summed E-state index contributed by atoms with van der Waals surface area (Å²) in [4.78, 5) is 21.8. The molecule has 10 nitrogen and oxygen atoms in total. The first-order valence-electron chi connectivity index (χ1n) is 15.8. The highest BCUT2D eigenvalue weighted by Gasteiger charge is 2.28. The minimum absolute atomic E-state index is 0.283. The summed E-state index contributed by atoms with van der Waals surface area (Å²) in [6, 6.07) is 24.7. The lowest BCUT2D eigenvalue weighted by Crippen LogP contribution is -2.50. The molecule has 0 saturated carbocycles. The number of ether oxygens (including phenoxy) is 2. The molecule has 0 N–H and O–H groups in total. The van der Waals surface area contributed by atoms with Crippen LogP contribution in [0.3, 0.4) is 0 Å². The Morgan fingerprint density at radius 3 is 2.30 bits per heavy atom. The van der Waals surface area contributed by atoms with E-state index in [4.69, 9.17) is 24.7 Å². The van der Waals surface area contributed by atoms with Crippen molar-refractivity contribution in [2.45, 2.75) is 52.7 Å². The molecule has 10 heteroatoms. The lowest BCUT2D eigenvalue weighted by Gasteiger charge is -2.36. The number of nitrogens with zero attached hydrogens (tertiary/aromatic N) is 7. The quantitative estimate of drug-likeness (QED) is 0.206. The topological polar surface area (TPSA) is 98.5 Å². The molecular formula is C36H41N7O3. The van der Waals surface area contributed by atoms with Crippen LogP contribution in [0.15, 0.2) is 72.8 Å². The summed E-state index contributed by atoms with van der Waals surface area (Å²) >= 11 is 0. The van der Waals surface area contributed by atoms with Gasteiger partial charge in [-0.1, -0.05) is 42.5 Å². The van der Waals surface area contributed by atoms with E-state index in [1.807, 2.05) is 56.6 Å². The molecule has 0 unspecified atom stereocenters. The van der Waals surface area contributed by atoms with Crippen molar-refractivity contribution < 1.29 is 14.3 Å². The number of methoxy groups -OCH3 is 1. The highest BCUT2D eigenvalue weighted by atomic mass is 16.6. The van der Waals surface area contributed by atoms with Gasteiger partial charge in [-0.25, -0.2) is 9.78 Å². The van der Waals surface area contributed by atoms with Gasteiger partial charge in [-0.3, -0.25) is 4.68 Å². The van der Waals surface area contributed by atoms with Crippen LogP contribution in [0.5, 0.6) is 5.75 Å². The van der Waals surface area contributed by atoms with Crippen LogP contribution in [0.2, 0.25) is 0 Å². The molecule has 1 aliphatic heterocycles. The Kier molecular flexibility index (Phi) is 8.87. The lowest BCUT2D eigenvalue weighted by atomic mass is 10.1. The van der Waals surface area contributed by atoms with Gasteiger partial charge in [-0.05, 0) is 82.0 Å². The Balaban J connectivity index is 1.27. The first-order valence-corrected chi connectivity index (χ1v) is 15.8. The van der Waals surface area contributed by atoms with Crippen molar-refractivity contribution in [2.75, 3.05) is 38.2 Å². The third kappa shape index (κ3) is 7.11. The summed E-state index contributed by atoms with van der Waals surface area (Å²) in [7, 11) is 1.67. The van der Waals surface area contributed by atoms with Gasteiger partial charge in [0.1, 0.15) is 17.0 Å². The second kappa shape index (κ2) is 13.2. The van der Waals surface area contributed by atoms with Crippen LogP contribution < -0.4 is 9.64 Å². The lowest BCUT2D eigenvalue weighted by molar-refractivity contribution is 0.0240. The average Bonchev–Trinajstić information content (AvgIpc) is 3.37. The number of fused-ring (bicyclic) bond motifs is 1. The van der Waals surface area contributed by atoms with Gasteiger partial charge >= 0.3 is 6.09 Å². The zero-order valence-corrected chi connectivity index (χ0v) is 27.2. The summed E-state index contributed by atoms with van der Waals surface area (Å²) in [6.45, 7) is 10.7. The fourth-order valence-electron chi connectivity index (χ4n) is 5.71. The summed E-state index contributed by atoms with van der Waals surface area (Å²) in [5.74, 6) is 2.22. The highest BCUT2D eigenvalue weighted by molar-refractivity contribution is 5.86. The first-order chi connectivity index (χ1) is 22.2. The Morgan fingerprint density at radius 1 is 0.870 bits per heavy atom. The van der Waals surface area contributed by atoms with Crippen LogP contribution in [0.1, 0.15) is 43.3 Å². The fourth-order valence-corrected chi connectivity index (χ4v) is 5.71. The van der Waals surface area contributed by atoms with Crippen molar-refractivity contribution in [1.82, 2.24) is 29.9 Å². The number of rotatable bonds is 8. The van der Waals surface area contributed by atoms with Crippen LogP contribution in [0.4, 0.5) is 10.6 Å². The van der Waals surface area contributed by atoms with Gasteiger partial charge in [0, 0.05) is 37.1 Å². The number of hydrogen-bond acceptors (Lipinski definition) is 8. The van der Waals surface area contributed by atoms with Crippen LogP contribution in [0.25, 0.3) is 22.3 Å². The van der Waals surface area contributed by atoms with Crippen LogP contribution in [-0.2, 0) is 24.1 Å². The number of piperazine rings is 1. The van der Waals surface area contributed by atoms with Gasteiger partial charge in [0.2, 0.25) is 0 Å². The van der Waals surface area contributed by atoms with E-state index in [1.54, 1.807) is 12.0 Å². The molecule has 0 bridgehead atoms. The molecule has 5 aromatic rings. The monoisotopic (exact) mass is 619 g/mol. The molecule has 0 spiro atoms. The third-order valence-corrected chi connectivity index (χ3v) is 8.14. The second-order valence-electron chi connectivity index (χ2n) is 12.7. The Labute approximate surface area is 270 Å². The number of amides is 1. The molecule has 0 aliphatic carbocycles. The van der Waals surface area contributed by atoms with Crippen molar-refractivity contribution in [2.24, 2.45) is 0 Å². The largest absolute Gasteiger partial charge is 0.497 e. The number of carbonyl (C=O) groups is 1. The van der Waals surface area contributed by atoms with Gasteiger partial charge in [-0.2, -0.15) is 5.10 Å². The summed E-state index contributed by atoms with van der Waals surface area (Å²) in [6.07, 6.45) is 1.26. The van der Waals surface area contributed by atoms with Crippen molar-refractivity contribution in [3.63, 3.8) is 0 Å². The minimum atomic E-state index is -0.532. The normalized spacial score (nSPS) is 13.7. The molecule has 1 amide bonds. The molecule has 1 fully saturated rings. The smallest absolute Gasteiger partial charge is 0.410 e. The van der Waals surface area contributed by atoms with Crippen molar-refractivity contribution in [3.05, 3.63) is 95.3 Å². The minimum Gasteiger partial charge on any atom is -0.497 e. The summed E-state index contributed by atoms with van der Waals surface area (Å²) < 4.78 is 12.9. The summed E-state index contributed by atoms with van der Waals surface area (Å²) in [5, 5.41) is 15.2. The van der Waals surface area contributed by atoms with E-state index in [9.17, 15) is 4.79 Å². The maximum absolute atomic E-state index is 12.7. The number of carbonyl (C=O) groups excluding carboxylic acids is 1. The highest BCUT2D eigenvalue weighted by Crippen LogP contribution is 2.28. The Morgan fingerprint density at radius 2 is 1.61 bits per heavy atom. The van der Waals surface area contributed by atoms with Crippen molar-refractivity contribution >= 4 is 22.8 Å². The molecule has 0 radical (unpaired) electrons. The van der Waals surface area contributed by atoms with E-state index in [2.05, 4.69) is 58.5 Å². The number of benzene rings is 3. The standard InChI is InChI=1S/C36H41N7O3/c1-25-30-23-28(14-18-32(30)43(40-25)24-27-11-15-29(45-5)16-12-27)33-37-34(31(38-39-33)17-13-26-9-7-6-8-10-26)41-19-21-42(22-20-41)35(44)46-36(2,3)4/h6-12,14-16,18,23H,13,17,19-22,24H2,1-5H3. The van der Waals surface area contributed by atoms with Gasteiger partial charge < -0.3 is 19.3 Å². The zero-order valence-electron chi connectivity index (χ0n) is 27.2. The third-order valence-electron chi connectivity index (χ3n) is 8.14. The predicted molar refractivity (Wildman–Crippen MR) is 179 cm³/mol. The van der Waals surface area contributed by atoms with Gasteiger partial charge in [-0.15, -0.1) is 10.2 Å². The fraction of sp³-hybridized carbons (Fsp3) is 0.361. The number of hydrogen-bond donors (Lipinski definition) is 0. The molecule has 1 aliphatic rings. The molecular weight excluding hydrogens is 578 g/mol. The Bertz CT molecular complexity index is 1810. The van der Waals surface area contributed by atoms with E-state index >= 15 is 0 Å². The van der Waals surface area contributed by atoms with Crippen LogP contribution >= 0.6 is 0 Å². The van der Waals surface area contributed by atoms with E-state index in [0.29, 0.717) is 45.0 Å². The first kappa shape index (κ1) is 31.0. The van der Waals surface area contributed by atoms with Crippen LogP contribution in [-0.4, -0.2) is 74.8 Å². The number of aromatic nitrogens is 5. The molecule has 0 atom stereocenters. The van der Waals surface area contributed by atoms with E-state index in [-0.39, 0.29) is 6.09 Å². The van der Waals surface area contributed by atoms with Gasteiger partial charge in [0.15, 0.2) is 11.6 Å². The summed E-state index contributed by atoms with van der Waals surface area (Å²) in [5.41, 5.74) is 5.57. The molecule has 3 heterocycles. The molecule has 238 valence electrons. The average molecular weight is 620 g/mol. The molecule has 6 rings (SSSR count). The van der Waals surface area contributed by atoms with E-state index in [0.717, 1.165) is 51.4 Å². The van der Waals surface area contributed by atoms with Gasteiger partial charge in [0.05, 0.1) is 24.9 Å². The molecule has 46 heavy (non-hydrogen) atoms. The van der Waals surface area contributed by atoms with E-state index in [1.165, 1.54) is 5.56 Å². The van der Waals surface area contributed by atoms with E-state index < -0.39 is 5.60 Å². The Hall–Kier alpha value is -4.99. The van der Waals surface area contributed by atoms with Gasteiger partial charge in [0.25, 0.3) is 0 Å². The SMILES string of the molecule is COc1ccc(Cn2nc(C)c3cc(-c4nnc(CCc5ccccc5)c(N5CCN(C(=O)OC(C)(C)C)CC5)n4)ccc32)cc1. The maximum atomic E-state index is 12.7. The molecule has 3 aromatic carbocycles. The van der Waals surface area contributed by atoms with Crippen molar-refractivity contribution in [1.29, 1.82) is 0 Å². The maximum Gasteiger partial charge on any atom is 0.410 e. The number of anilines is 1. The van der Waals surface area contributed by atoms with Crippen LogP contribution in [0, 0.1) is 6.92 Å². The zero-order chi connectivity index (χ0) is 32.3. The molecule has 1 saturated heterocycles. The molecule has 2 aromatic heterocycles. The van der Waals surface area contributed by atoms with Crippen molar-refractivity contribution in [3.8, 4) is 17.1 Å². The predicted octanol–water partition coefficient (Wildman–Crippen LogP) is 6.10.